The molecule has 0 saturated carbocycles. The maximum atomic E-state index is 5.08. The van der Waals surface area contributed by atoms with Crippen LogP contribution in [0.3, 0.4) is 0 Å². The molecule has 0 aliphatic carbocycles. The van der Waals surface area contributed by atoms with Crippen LogP contribution in [0.25, 0.3) is 0 Å². The number of terminal acetylenes is 1. The van der Waals surface area contributed by atoms with Gasteiger partial charge in [0.05, 0.1) is 8.77 Å². The Hall–Kier alpha value is 0.440. The molecule has 0 aromatic heterocycles. The molecule has 1 fully saturated rings. The summed E-state index contributed by atoms with van der Waals surface area (Å²) in [6.45, 7) is 0. The first-order valence-corrected chi connectivity index (χ1v) is 5.59. The van der Waals surface area contributed by atoms with Crippen molar-refractivity contribution >= 4 is 30.7 Å². The lowest BCUT2D eigenvalue weighted by atomic mass is 10.4. The Bertz CT molecular complexity index is 148. The van der Waals surface area contributed by atoms with Crippen LogP contribution in [0.2, 0.25) is 0 Å². The van der Waals surface area contributed by atoms with Crippen molar-refractivity contribution in [1.82, 2.24) is 0 Å². The third-order valence-corrected chi connectivity index (χ3v) is 4.04. The van der Waals surface area contributed by atoms with E-state index < -0.39 is 0 Å². The molecule has 1 rings (SSSR count). The molecule has 1 aliphatic heterocycles. The summed E-state index contributed by atoms with van der Waals surface area (Å²) in [7, 11) is 1.26. The molecule has 0 radical (unpaired) electrons. The van der Waals surface area contributed by atoms with Crippen LogP contribution in [0, 0.1) is 12.3 Å². The number of rotatable bonds is 0. The van der Waals surface area contributed by atoms with Crippen molar-refractivity contribution in [1.29, 1.82) is 0 Å². The van der Waals surface area contributed by atoms with Gasteiger partial charge >= 0.3 is 0 Å². The Kier molecular flexibility index (Phi) is 2.32. The Balaban J connectivity index is 2.47. The molecule has 4 heteroatoms. The van der Waals surface area contributed by atoms with Gasteiger partial charge in [-0.15, -0.1) is 6.42 Å². The molecule has 0 amide bonds. The van der Waals surface area contributed by atoms with Gasteiger partial charge in [-0.3, -0.25) is 4.18 Å². The fourth-order valence-electron chi connectivity index (χ4n) is 0.344. The minimum absolute atomic E-state index is 0.0270. The third kappa shape index (κ3) is 1.46. The molecule has 0 bridgehead atoms. The van der Waals surface area contributed by atoms with Crippen LogP contribution in [0.1, 0.15) is 0 Å². The Labute approximate surface area is 59.4 Å². The average Bonchev–Trinajstić information content (AvgIpc) is 2.14. The molecule has 0 N–H and O–H groups in total. The van der Waals surface area contributed by atoms with Gasteiger partial charge in [-0.1, -0.05) is 16.7 Å². The van der Waals surface area contributed by atoms with E-state index in [0.717, 1.165) is 5.75 Å². The van der Waals surface area contributed by atoms with E-state index in [1.165, 1.54) is 0 Å². The highest BCUT2D eigenvalue weighted by atomic mass is 33.3. The zero-order valence-electron chi connectivity index (χ0n) is 3.99. The smallest absolute Gasteiger partial charge is 0.143 e. The van der Waals surface area contributed by atoms with Crippen molar-refractivity contribution < 1.29 is 4.18 Å². The minimum Gasteiger partial charge on any atom is -0.286 e. The highest BCUT2D eigenvalue weighted by Crippen LogP contribution is 2.22. The van der Waals surface area contributed by atoms with Crippen molar-refractivity contribution in [3.8, 4) is 12.3 Å². The Morgan fingerprint density at radius 2 is 2.75 bits per heavy atom. The number of hydrogen-bond donors (Lipinski definition) is 0. The van der Waals surface area contributed by atoms with Crippen molar-refractivity contribution in [2.24, 2.45) is 0 Å². The third-order valence-electron chi connectivity index (χ3n) is 0.696. The molecule has 1 aliphatic rings. The SMILES string of the molecule is C#CC1CSS(=S)O1. The van der Waals surface area contributed by atoms with E-state index in [1.807, 2.05) is 0 Å². The van der Waals surface area contributed by atoms with Gasteiger partial charge in [0.1, 0.15) is 6.10 Å². The van der Waals surface area contributed by atoms with Crippen LogP contribution in [0.5, 0.6) is 0 Å². The van der Waals surface area contributed by atoms with Crippen molar-refractivity contribution in [2.75, 3.05) is 5.75 Å². The lowest BCUT2D eigenvalue weighted by molar-refractivity contribution is 0.345. The van der Waals surface area contributed by atoms with Gasteiger partial charge in [-0.25, -0.2) is 0 Å². The highest BCUT2D eigenvalue weighted by Gasteiger charge is 2.16. The molecule has 0 aromatic rings. The second-order valence-corrected chi connectivity index (χ2v) is 5.57. The summed E-state index contributed by atoms with van der Waals surface area (Å²) < 4.78 is 5.08. The minimum atomic E-state index is -0.345. The van der Waals surface area contributed by atoms with E-state index in [-0.39, 0.29) is 14.9 Å². The van der Waals surface area contributed by atoms with Gasteiger partial charge in [0.25, 0.3) is 0 Å². The standard InChI is InChI=1S/C4H4OS3/c1-2-4-3-7-8(6)5-4/h1,4H,3H2. The first kappa shape index (κ1) is 6.56. The van der Waals surface area contributed by atoms with Crippen LogP contribution in [0.4, 0.5) is 0 Å². The van der Waals surface area contributed by atoms with E-state index in [0.29, 0.717) is 0 Å². The Morgan fingerprint density at radius 3 is 3.00 bits per heavy atom. The lowest BCUT2D eigenvalue weighted by Crippen LogP contribution is -2.02. The molecule has 44 valence electrons. The molecule has 0 spiro atoms. The topological polar surface area (TPSA) is 9.23 Å². The zero-order valence-corrected chi connectivity index (χ0v) is 6.44. The predicted octanol–water partition coefficient (Wildman–Crippen LogP) is 0.662. The van der Waals surface area contributed by atoms with Crippen molar-refractivity contribution in [3.05, 3.63) is 0 Å². The Morgan fingerprint density at radius 1 is 2.00 bits per heavy atom. The predicted molar refractivity (Wildman–Crippen MR) is 40.9 cm³/mol. The maximum Gasteiger partial charge on any atom is 0.143 e. The van der Waals surface area contributed by atoms with E-state index in [4.69, 9.17) is 21.8 Å². The fraction of sp³-hybridized carbons (Fsp3) is 0.500. The van der Waals surface area contributed by atoms with Crippen molar-refractivity contribution in [2.45, 2.75) is 6.10 Å². The van der Waals surface area contributed by atoms with Gasteiger partial charge in [0.15, 0.2) is 0 Å². The number of hydrogen-bond acceptors (Lipinski definition) is 3. The summed E-state index contributed by atoms with van der Waals surface area (Å²) in [5.74, 6) is 3.36. The zero-order chi connectivity index (χ0) is 5.98. The normalized spacial score (nSPS) is 36.9. The van der Waals surface area contributed by atoms with Gasteiger partial charge in [-0.2, -0.15) is 0 Å². The maximum absolute atomic E-state index is 5.08. The summed E-state index contributed by atoms with van der Waals surface area (Å²) in [5.41, 5.74) is 0. The molecule has 0 aromatic carbocycles. The highest BCUT2D eigenvalue weighted by molar-refractivity contribution is 8.81. The first-order valence-electron chi connectivity index (χ1n) is 2.01. The summed E-state index contributed by atoms with van der Waals surface area (Å²) in [6.07, 6.45) is 5.04. The van der Waals surface area contributed by atoms with Crippen LogP contribution in [-0.4, -0.2) is 11.9 Å². The van der Waals surface area contributed by atoms with Gasteiger partial charge in [-0.05, 0) is 11.2 Å². The lowest BCUT2D eigenvalue weighted by Gasteiger charge is -1.92. The average molecular weight is 164 g/mol. The second kappa shape index (κ2) is 2.83. The molecular formula is C4H4OS3. The first-order chi connectivity index (χ1) is 3.83. The van der Waals surface area contributed by atoms with Crippen LogP contribution >= 0.6 is 10.8 Å². The molecule has 1 nitrogen and oxygen atoms in total. The molecule has 1 saturated heterocycles. The van der Waals surface area contributed by atoms with E-state index in [2.05, 4.69) is 5.92 Å². The summed E-state index contributed by atoms with van der Waals surface area (Å²) in [5, 5.41) is 0. The molecular weight excluding hydrogens is 160 g/mol. The summed E-state index contributed by atoms with van der Waals surface area (Å²) >= 11 is 4.82. The fourth-order valence-corrected chi connectivity index (χ4v) is 3.14. The van der Waals surface area contributed by atoms with Gasteiger partial charge in [0.2, 0.25) is 0 Å². The van der Waals surface area contributed by atoms with E-state index in [9.17, 15) is 0 Å². The summed E-state index contributed by atoms with van der Waals surface area (Å²) in [4.78, 5) is 0. The van der Waals surface area contributed by atoms with Crippen LogP contribution < -0.4 is 0 Å². The second-order valence-electron chi connectivity index (χ2n) is 1.24. The van der Waals surface area contributed by atoms with E-state index in [1.54, 1.807) is 10.8 Å². The molecule has 8 heavy (non-hydrogen) atoms. The molecule has 2 atom stereocenters. The monoisotopic (exact) mass is 164 g/mol. The quantitative estimate of drug-likeness (QED) is 0.384. The molecule has 1 heterocycles. The van der Waals surface area contributed by atoms with Crippen molar-refractivity contribution in [3.63, 3.8) is 0 Å². The van der Waals surface area contributed by atoms with Gasteiger partial charge in [0, 0.05) is 5.75 Å². The van der Waals surface area contributed by atoms with Gasteiger partial charge < -0.3 is 0 Å². The summed E-state index contributed by atoms with van der Waals surface area (Å²) in [6, 6.07) is 0. The van der Waals surface area contributed by atoms with Crippen LogP contribution in [0.15, 0.2) is 0 Å². The van der Waals surface area contributed by atoms with Crippen LogP contribution in [-0.2, 0) is 24.1 Å². The van der Waals surface area contributed by atoms with E-state index >= 15 is 0 Å². The largest absolute Gasteiger partial charge is 0.286 e. The molecule has 2 unspecified atom stereocenters.